The van der Waals surface area contributed by atoms with E-state index < -0.39 is 0 Å². The Balaban J connectivity index is 1.15. The van der Waals surface area contributed by atoms with Crippen LogP contribution in [0.1, 0.15) is 0 Å². The summed E-state index contributed by atoms with van der Waals surface area (Å²) in [5, 5.41) is 4.96. The van der Waals surface area contributed by atoms with Crippen molar-refractivity contribution in [1.29, 1.82) is 0 Å². The number of benzene rings is 12. The maximum atomic E-state index is 2.54. The van der Waals surface area contributed by atoms with Gasteiger partial charge in [0.05, 0.1) is 11.4 Å². The van der Waals surface area contributed by atoms with Gasteiger partial charge in [0.15, 0.2) is 0 Å². The second-order valence-electron chi connectivity index (χ2n) is 17.5. The third-order valence-electron chi connectivity index (χ3n) is 13.5. The lowest BCUT2D eigenvalue weighted by Crippen LogP contribution is -2.15. The van der Waals surface area contributed by atoms with Crippen molar-refractivity contribution in [2.45, 2.75) is 0 Å². The van der Waals surface area contributed by atoms with Crippen molar-refractivity contribution in [2.75, 3.05) is 4.90 Å². The van der Waals surface area contributed by atoms with Crippen molar-refractivity contribution in [3.8, 4) is 77.9 Å². The largest absolute Gasteiger partial charge is 0.308 e. The highest BCUT2D eigenvalue weighted by molar-refractivity contribution is 6.25. The molecule has 324 valence electrons. The minimum Gasteiger partial charge on any atom is -0.308 e. The molecule has 1 nitrogen and oxygen atoms in total. The summed E-state index contributed by atoms with van der Waals surface area (Å²) in [5.74, 6) is 0. The van der Waals surface area contributed by atoms with Crippen LogP contribution in [0.5, 0.6) is 0 Å². The summed E-state index contributed by atoms with van der Waals surface area (Å²) in [4.78, 5) is 2.54. The van der Waals surface area contributed by atoms with Gasteiger partial charge in [0.1, 0.15) is 0 Å². The Labute approximate surface area is 404 Å². The lowest BCUT2D eigenvalue weighted by molar-refractivity contribution is 1.28. The fraction of sp³-hybridized carbons (Fsp3) is 0. The molecule has 0 saturated carbocycles. The Morgan fingerprint density at radius 1 is 0.188 bits per heavy atom. The fourth-order valence-electron chi connectivity index (χ4n) is 10.4. The van der Waals surface area contributed by atoms with Crippen molar-refractivity contribution in [3.63, 3.8) is 0 Å². The van der Waals surface area contributed by atoms with Gasteiger partial charge in [0.2, 0.25) is 0 Å². The topological polar surface area (TPSA) is 3.24 Å². The quantitative estimate of drug-likeness (QED) is 0.124. The smallest absolute Gasteiger partial charge is 0.0618 e. The zero-order valence-corrected chi connectivity index (χ0v) is 38.1. The average Bonchev–Trinajstić information content (AvgIpc) is 3.44. The molecule has 0 aromatic heterocycles. The molecule has 0 unspecified atom stereocenters. The van der Waals surface area contributed by atoms with Crippen molar-refractivity contribution >= 4 is 38.6 Å². The number of anilines is 3. The zero-order valence-electron chi connectivity index (χ0n) is 38.1. The minimum absolute atomic E-state index is 1.06. The van der Waals surface area contributed by atoms with Gasteiger partial charge in [-0.1, -0.05) is 273 Å². The number of para-hydroxylation sites is 2. The monoisotopic (exact) mass is 877 g/mol. The molecule has 0 spiro atoms. The first-order valence-corrected chi connectivity index (χ1v) is 23.8. The summed E-state index contributed by atoms with van der Waals surface area (Å²) in [6.07, 6.45) is 0. The Morgan fingerprint density at radius 3 is 0.884 bits per heavy atom. The molecule has 0 N–H and O–H groups in total. The molecule has 0 fully saturated rings. The summed E-state index contributed by atoms with van der Waals surface area (Å²) >= 11 is 0. The third kappa shape index (κ3) is 7.67. The zero-order chi connectivity index (χ0) is 45.9. The number of fused-ring (bicyclic) bond motifs is 3. The SMILES string of the molecule is c1ccc(-c2cccc(-c3ccccc3)c2N(c2ccc(-c3cccc4c(-c5ccccc5)c(-c5ccccc5)c5ccccc5c34)cc2)c2c(-c3ccccc3)cccc2-c2ccccc2)cc1. The molecule has 12 aromatic carbocycles. The van der Waals surface area contributed by atoms with Crippen molar-refractivity contribution in [1.82, 2.24) is 0 Å². The number of hydrogen-bond acceptors (Lipinski definition) is 1. The van der Waals surface area contributed by atoms with Gasteiger partial charge in [-0.05, 0) is 89.3 Å². The van der Waals surface area contributed by atoms with Crippen LogP contribution in [0.15, 0.2) is 285 Å². The molecule has 0 saturated heterocycles. The highest BCUT2D eigenvalue weighted by Gasteiger charge is 2.27. The van der Waals surface area contributed by atoms with Gasteiger partial charge in [0, 0.05) is 27.9 Å². The van der Waals surface area contributed by atoms with Crippen LogP contribution in [0.4, 0.5) is 17.1 Å². The second kappa shape index (κ2) is 18.3. The van der Waals surface area contributed by atoms with Gasteiger partial charge in [0.25, 0.3) is 0 Å². The first-order chi connectivity index (χ1) is 34.3. The molecule has 12 rings (SSSR count). The van der Waals surface area contributed by atoms with Gasteiger partial charge < -0.3 is 4.90 Å². The molecule has 0 aliphatic heterocycles. The summed E-state index contributed by atoms with van der Waals surface area (Å²) in [7, 11) is 0. The van der Waals surface area contributed by atoms with Crippen LogP contribution in [0.25, 0.3) is 99.4 Å². The number of rotatable bonds is 10. The molecule has 12 aromatic rings. The maximum Gasteiger partial charge on any atom is 0.0618 e. The number of nitrogens with zero attached hydrogens (tertiary/aromatic N) is 1. The predicted octanol–water partition coefficient (Wildman–Crippen LogP) is 19.1. The molecular formula is C68H47N. The Hall–Kier alpha value is -9.04. The van der Waals surface area contributed by atoms with Crippen LogP contribution in [-0.2, 0) is 0 Å². The Kier molecular flexibility index (Phi) is 11.0. The van der Waals surface area contributed by atoms with E-state index in [0.29, 0.717) is 0 Å². The van der Waals surface area contributed by atoms with Crippen LogP contribution in [0.2, 0.25) is 0 Å². The van der Waals surface area contributed by atoms with E-state index in [4.69, 9.17) is 0 Å². The van der Waals surface area contributed by atoms with Gasteiger partial charge in [-0.3, -0.25) is 0 Å². The van der Waals surface area contributed by atoms with Crippen LogP contribution >= 0.6 is 0 Å². The second-order valence-corrected chi connectivity index (χ2v) is 17.5. The Bertz CT molecular complexity index is 3480. The first-order valence-electron chi connectivity index (χ1n) is 23.8. The van der Waals surface area contributed by atoms with Gasteiger partial charge in [-0.2, -0.15) is 0 Å². The van der Waals surface area contributed by atoms with E-state index in [1.807, 2.05) is 0 Å². The summed E-state index contributed by atoms with van der Waals surface area (Å²) in [6.45, 7) is 0. The summed E-state index contributed by atoms with van der Waals surface area (Å²) < 4.78 is 0. The lowest BCUT2D eigenvalue weighted by atomic mass is 9.83. The van der Waals surface area contributed by atoms with Gasteiger partial charge in [-0.25, -0.2) is 0 Å². The van der Waals surface area contributed by atoms with E-state index in [-0.39, 0.29) is 0 Å². The molecule has 0 aliphatic rings. The van der Waals surface area contributed by atoms with Crippen LogP contribution < -0.4 is 4.90 Å². The molecule has 69 heavy (non-hydrogen) atoms. The van der Waals surface area contributed by atoms with Gasteiger partial charge in [-0.15, -0.1) is 0 Å². The van der Waals surface area contributed by atoms with Crippen molar-refractivity contribution in [3.05, 3.63) is 285 Å². The van der Waals surface area contributed by atoms with E-state index in [0.717, 1.165) is 67.1 Å². The lowest BCUT2D eigenvalue weighted by Gasteiger charge is -2.34. The molecule has 0 radical (unpaired) electrons. The summed E-state index contributed by atoms with van der Waals surface area (Å²) in [5.41, 5.74) is 19.7. The van der Waals surface area contributed by atoms with E-state index in [2.05, 4.69) is 290 Å². The molecule has 0 atom stereocenters. The first kappa shape index (κ1) is 41.4. The molecule has 0 aliphatic carbocycles. The average molecular weight is 878 g/mol. The molecular weight excluding hydrogens is 831 g/mol. The summed E-state index contributed by atoms with van der Waals surface area (Å²) in [6, 6.07) is 104. The molecule has 0 amide bonds. The predicted molar refractivity (Wildman–Crippen MR) is 294 cm³/mol. The fourth-order valence-corrected chi connectivity index (χ4v) is 10.4. The van der Waals surface area contributed by atoms with E-state index in [1.165, 1.54) is 49.4 Å². The van der Waals surface area contributed by atoms with E-state index in [9.17, 15) is 0 Å². The highest BCUT2D eigenvalue weighted by atomic mass is 15.2. The maximum absolute atomic E-state index is 2.54. The van der Waals surface area contributed by atoms with Crippen LogP contribution in [0.3, 0.4) is 0 Å². The van der Waals surface area contributed by atoms with E-state index in [1.54, 1.807) is 0 Å². The van der Waals surface area contributed by atoms with E-state index >= 15 is 0 Å². The van der Waals surface area contributed by atoms with Gasteiger partial charge >= 0.3 is 0 Å². The molecule has 1 heteroatoms. The standard InChI is InChI=1S/C68H47N/c1-7-24-48(25-8-1)57-39-22-40-58(49-26-9-2-10-27-49)67(57)69(68-59(50-28-11-3-12-29-50)41-23-42-60(68)51-30-13-4-14-31-51)55-46-44-52(45-47-55)56-38-21-43-63-65(54-34-17-6-18-35-54)64(53-32-15-5-16-33-53)61-36-19-20-37-62(61)66(56)63/h1-47H. The highest BCUT2D eigenvalue weighted by Crippen LogP contribution is 2.53. The van der Waals surface area contributed by atoms with Crippen molar-refractivity contribution in [2.24, 2.45) is 0 Å². The molecule has 0 bridgehead atoms. The van der Waals surface area contributed by atoms with Crippen LogP contribution in [0, 0.1) is 0 Å². The van der Waals surface area contributed by atoms with Crippen molar-refractivity contribution < 1.29 is 0 Å². The minimum atomic E-state index is 1.06. The molecule has 0 heterocycles. The number of hydrogen-bond donors (Lipinski definition) is 0. The normalized spacial score (nSPS) is 11.2. The van der Waals surface area contributed by atoms with Crippen LogP contribution in [-0.4, -0.2) is 0 Å². The third-order valence-corrected chi connectivity index (χ3v) is 13.5. The Morgan fingerprint density at radius 2 is 0.478 bits per heavy atom.